The molecule has 0 saturated heterocycles. The van der Waals surface area contributed by atoms with Gasteiger partial charge in [-0.3, -0.25) is 14.9 Å². The maximum atomic E-state index is 12.4. The van der Waals surface area contributed by atoms with Gasteiger partial charge in [0.25, 0.3) is 5.69 Å². The highest BCUT2D eigenvalue weighted by Gasteiger charge is 2.14. The highest BCUT2D eigenvalue weighted by Crippen LogP contribution is 2.25. The van der Waals surface area contributed by atoms with Gasteiger partial charge < -0.3 is 9.73 Å². The molecule has 3 rings (SSSR count). The Labute approximate surface area is 144 Å². The van der Waals surface area contributed by atoms with Gasteiger partial charge in [0.05, 0.1) is 23.3 Å². The molecule has 6 heteroatoms. The molecule has 0 aliphatic carbocycles. The van der Waals surface area contributed by atoms with Crippen LogP contribution in [0, 0.1) is 17.0 Å². The van der Waals surface area contributed by atoms with Crippen molar-refractivity contribution in [2.75, 3.05) is 5.32 Å². The number of furan rings is 1. The lowest BCUT2D eigenvalue weighted by molar-refractivity contribution is -0.384. The maximum absolute atomic E-state index is 12.4. The van der Waals surface area contributed by atoms with Gasteiger partial charge in [0.15, 0.2) is 0 Å². The first-order valence-corrected chi connectivity index (χ1v) is 8.02. The standard InChI is InChI=1S/C19H18N2O4/c1-3-13-5-7-18-16(8-13)14(11-25-18)9-19(22)20-17-10-15(21(23)24)6-4-12(17)2/h4-8,10-11H,3,9H2,1-2H3,(H,20,22). The second kappa shape index (κ2) is 6.76. The van der Waals surface area contributed by atoms with Crippen LogP contribution in [0.3, 0.4) is 0 Å². The van der Waals surface area contributed by atoms with Gasteiger partial charge in [-0.2, -0.15) is 0 Å². The second-order valence-electron chi connectivity index (χ2n) is 5.93. The molecule has 0 radical (unpaired) electrons. The number of hydrogen-bond acceptors (Lipinski definition) is 4. The van der Waals surface area contributed by atoms with Gasteiger partial charge in [-0.25, -0.2) is 0 Å². The molecule has 2 aromatic carbocycles. The molecule has 128 valence electrons. The van der Waals surface area contributed by atoms with Gasteiger partial charge in [-0.1, -0.05) is 19.1 Å². The van der Waals surface area contributed by atoms with Crippen LogP contribution in [0.5, 0.6) is 0 Å². The molecule has 0 aliphatic rings. The minimum Gasteiger partial charge on any atom is -0.464 e. The minimum absolute atomic E-state index is 0.0535. The van der Waals surface area contributed by atoms with Crippen molar-refractivity contribution in [2.24, 2.45) is 0 Å². The Kier molecular flexibility index (Phi) is 4.52. The molecular formula is C19H18N2O4. The molecule has 6 nitrogen and oxygen atoms in total. The number of hydrogen-bond donors (Lipinski definition) is 1. The van der Waals surface area contributed by atoms with E-state index in [1.54, 1.807) is 19.3 Å². The van der Waals surface area contributed by atoms with E-state index >= 15 is 0 Å². The molecule has 0 bridgehead atoms. The van der Waals surface area contributed by atoms with Crippen LogP contribution in [-0.4, -0.2) is 10.8 Å². The molecule has 0 saturated carbocycles. The summed E-state index contributed by atoms with van der Waals surface area (Å²) in [5.74, 6) is -0.242. The normalized spacial score (nSPS) is 10.8. The van der Waals surface area contributed by atoms with Crippen LogP contribution in [0.25, 0.3) is 11.0 Å². The molecule has 1 amide bonds. The first-order chi connectivity index (χ1) is 12.0. The molecule has 1 N–H and O–H groups in total. The number of nitrogens with one attached hydrogen (secondary N) is 1. The Morgan fingerprint density at radius 2 is 2.04 bits per heavy atom. The highest BCUT2D eigenvalue weighted by molar-refractivity contribution is 5.96. The molecule has 0 aliphatic heterocycles. The zero-order valence-electron chi connectivity index (χ0n) is 14.0. The zero-order valence-corrected chi connectivity index (χ0v) is 14.0. The molecule has 1 aromatic heterocycles. The number of non-ortho nitro benzene ring substituents is 1. The smallest absolute Gasteiger partial charge is 0.271 e. The molecule has 3 aromatic rings. The quantitative estimate of drug-likeness (QED) is 0.552. The van der Waals surface area contributed by atoms with Crippen LogP contribution in [0.15, 0.2) is 47.1 Å². The summed E-state index contributed by atoms with van der Waals surface area (Å²) in [6.45, 7) is 3.86. The summed E-state index contributed by atoms with van der Waals surface area (Å²) < 4.78 is 5.50. The van der Waals surface area contributed by atoms with E-state index in [-0.39, 0.29) is 18.0 Å². The van der Waals surface area contributed by atoms with Gasteiger partial charge in [-0.15, -0.1) is 0 Å². The van der Waals surface area contributed by atoms with Crippen LogP contribution in [0.2, 0.25) is 0 Å². The van der Waals surface area contributed by atoms with Crippen LogP contribution < -0.4 is 5.32 Å². The third kappa shape index (κ3) is 3.52. The van der Waals surface area contributed by atoms with E-state index in [0.717, 1.165) is 28.5 Å². The van der Waals surface area contributed by atoms with Crippen molar-refractivity contribution < 1.29 is 14.1 Å². The fourth-order valence-corrected chi connectivity index (χ4v) is 2.71. The van der Waals surface area contributed by atoms with E-state index in [1.165, 1.54) is 17.7 Å². The number of benzene rings is 2. The number of fused-ring (bicyclic) bond motifs is 1. The van der Waals surface area contributed by atoms with E-state index < -0.39 is 4.92 Å². The molecule has 0 unspecified atom stereocenters. The Morgan fingerprint density at radius 1 is 1.24 bits per heavy atom. The summed E-state index contributed by atoms with van der Waals surface area (Å²) in [5, 5.41) is 14.6. The Bertz CT molecular complexity index is 959. The summed E-state index contributed by atoms with van der Waals surface area (Å²) in [4.78, 5) is 22.8. The van der Waals surface area contributed by atoms with Crippen molar-refractivity contribution in [3.05, 3.63) is 69.5 Å². The van der Waals surface area contributed by atoms with Gasteiger partial charge in [0.2, 0.25) is 5.91 Å². The maximum Gasteiger partial charge on any atom is 0.271 e. The lowest BCUT2D eigenvalue weighted by atomic mass is 10.1. The van der Waals surface area contributed by atoms with Crippen molar-refractivity contribution >= 4 is 28.3 Å². The van der Waals surface area contributed by atoms with E-state index in [4.69, 9.17) is 4.42 Å². The number of carbonyl (C=O) groups excluding carboxylic acids is 1. The zero-order chi connectivity index (χ0) is 18.0. The third-order valence-electron chi connectivity index (χ3n) is 4.18. The first kappa shape index (κ1) is 16.7. The fraction of sp³-hybridized carbons (Fsp3) is 0.211. The lowest BCUT2D eigenvalue weighted by Crippen LogP contribution is -2.15. The minimum atomic E-state index is -0.481. The number of rotatable bonds is 5. The number of anilines is 1. The summed E-state index contributed by atoms with van der Waals surface area (Å²) in [6, 6.07) is 10.3. The topological polar surface area (TPSA) is 85.4 Å². The van der Waals surface area contributed by atoms with Crippen LogP contribution >= 0.6 is 0 Å². The SMILES string of the molecule is CCc1ccc2occ(CC(=O)Nc3cc([N+](=O)[O-])ccc3C)c2c1. The number of carbonyl (C=O) groups is 1. The van der Waals surface area contributed by atoms with Crippen molar-refractivity contribution in [2.45, 2.75) is 26.7 Å². The van der Waals surface area contributed by atoms with E-state index in [9.17, 15) is 14.9 Å². The van der Waals surface area contributed by atoms with Crippen molar-refractivity contribution in [1.82, 2.24) is 0 Å². The molecule has 25 heavy (non-hydrogen) atoms. The fourth-order valence-electron chi connectivity index (χ4n) is 2.71. The van der Waals surface area contributed by atoms with Gasteiger partial charge >= 0.3 is 0 Å². The molecule has 0 fully saturated rings. The number of nitro benzene ring substituents is 1. The predicted molar refractivity (Wildman–Crippen MR) is 95.8 cm³/mol. The Balaban J connectivity index is 1.81. The number of nitro groups is 1. The predicted octanol–water partition coefficient (Wildman–Crippen LogP) is 4.39. The van der Waals surface area contributed by atoms with Crippen LogP contribution in [0.1, 0.15) is 23.6 Å². The number of aryl methyl sites for hydroxylation is 2. The third-order valence-corrected chi connectivity index (χ3v) is 4.18. The van der Waals surface area contributed by atoms with Gasteiger partial charge in [0, 0.05) is 23.1 Å². The summed E-state index contributed by atoms with van der Waals surface area (Å²) in [7, 11) is 0. The first-order valence-electron chi connectivity index (χ1n) is 8.02. The molecule has 1 heterocycles. The van der Waals surface area contributed by atoms with Gasteiger partial charge in [-0.05, 0) is 36.6 Å². The van der Waals surface area contributed by atoms with E-state index in [1.807, 2.05) is 18.2 Å². The number of amides is 1. The van der Waals surface area contributed by atoms with Gasteiger partial charge in [0.1, 0.15) is 5.58 Å². The van der Waals surface area contributed by atoms with Crippen LogP contribution in [0.4, 0.5) is 11.4 Å². The van der Waals surface area contributed by atoms with Crippen molar-refractivity contribution in [3.63, 3.8) is 0 Å². The van der Waals surface area contributed by atoms with E-state index in [2.05, 4.69) is 12.2 Å². The summed E-state index contributed by atoms with van der Waals surface area (Å²) in [5.41, 5.74) is 3.87. The van der Waals surface area contributed by atoms with Crippen molar-refractivity contribution in [1.29, 1.82) is 0 Å². The summed E-state index contributed by atoms with van der Waals surface area (Å²) in [6.07, 6.45) is 2.63. The van der Waals surface area contributed by atoms with Crippen LogP contribution in [-0.2, 0) is 17.6 Å². The Morgan fingerprint density at radius 3 is 2.76 bits per heavy atom. The average Bonchev–Trinajstić information content (AvgIpc) is 2.98. The monoisotopic (exact) mass is 338 g/mol. The van der Waals surface area contributed by atoms with E-state index in [0.29, 0.717) is 5.69 Å². The molecule has 0 atom stereocenters. The average molecular weight is 338 g/mol. The lowest BCUT2D eigenvalue weighted by Gasteiger charge is -2.08. The molecular weight excluding hydrogens is 320 g/mol. The largest absolute Gasteiger partial charge is 0.464 e. The van der Waals surface area contributed by atoms with Crippen molar-refractivity contribution in [3.8, 4) is 0 Å². The summed E-state index contributed by atoms with van der Waals surface area (Å²) >= 11 is 0. The number of nitrogens with zero attached hydrogens (tertiary/aromatic N) is 1. The Hall–Kier alpha value is -3.15. The molecule has 0 spiro atoms. The second-order valence-corrected chi connectivity index (χ2v) is 5.93. The highest BCUT2D eigenvalue weighted by atomic mass is 16.6.